The molecule has 0 aliphatic carbocycles. The summed E-state index contributed by atoms with van der Waals surface area (Å²) in [6.07, 6.45) is -4.35. The SMILES string of the molecule is CCCC(=O)NC1C(O)OC(CO)[C@@H](O)C1O. The lowest BCUT2D eigenvalue weighted by Gasteiger charge is -2.40. The summed E-state index contributed by atoms with van der Waals surface area (Å²) in [7, 11) is 0. The summed E-state index contributed by atoms with van der Waals surface area (Å²) in [6.45, 7) is 1.30. The Morgan fingerprint density at radius 1 is 1.29 bits per heavy atom. The second-order valence-electron chi connectivity index (χ2n) is 4.07. The number of rotatable bonds is 4. The van der Waals surface area contributed by atoms with Crippen LogP contribution in [0.4, 0.5) is 0 Å². The van der Waals surface area contributed by atoms with E-state index in [2.05, 4.69) is 5.32 Å². The van der Waals surface area contributed by atoms with Crippen LogP contribution in [-0.4, -0.2) is 63.6 Å². The lowest BCUT2D eigenvalue weighted by molar-refractivity contribution is -0.253. The Kier molecular flexibility index (Phi) is 5.29. The van der Waals surface area contributed by atoms with Crippen molar-refractivity contribution in [3.8, 4) is 0 Å². The number of hydrogen-bond acceptors (Lipinski definition) is 6. The van der Waals surface area contributed by atoms with Crippen molar-refractivity contribution in [3.63, 3.8) is 0 Å². The van der Waals surface area contributed by atoms with Crippen molar-refractivity contribution in [1.82, 2.24) is 5.32 Å². The molecule has 100 valence electrons. The fourth-order valence-corrected chi connectivity index (χ4v) is 1.74. The molecule has 4 unspecified atom stereocenters. The van der Waals surface area contributed by atoms with Gasteiger partial charge in [-0.2, -0.15) is 0 Å². The summed E-state index contributed by atoms with van der Waals surface area (Å²) in [5.41, 5.74) is 0. The van der Waals surface area contributed by atoms with E-state index in [9.17, 15) is 20.1 Å². The Morgan fingerprint density at radius 2 is 1.94 bits per heavy atom. The van der Waals surface area contributed by atoms with Crippen LogP contribution in [0.3, 0.4) is 0 Å². The van der Waals surface area contributed by atoms with Gasteiger partial charge in [0.05, 0.1) is 6.61 Å². The average molecular weight is 249 g/mol. The van der Waals surface area contributed by atoms with Gasteiger partial charge in [0.1, 0.15) is 24.4 Å². The van der Waals surface area contributed by atoms with E-state index < -0.39 is 37.3 Å². The van der Waals surface area contributed by atoms with Crippen molar-refractivity contribution in [2.45, 2.75) is 50.4 Å². The van der Waals surface area contributed by atoms with E-state index in [4.69, 9.17) is 9.84 Å². The Bertz CT molecular complexity index is 261. The van der Waals surface area contributed by atoms with Crippen molar-refractivity contribution in [3.05, 3.63) is 0 Å². The third-order valence-corrected chi connectivity index (χ3v) is 2.70. The van der Waals surface area contributed by atoms with E-state index >= 15 is 0 Å². The normalized spacial score (nSPS) is 37.8. The van der Waals surface area contributed by atoms with Crippen LogP contribution in [0.1, 0.15) is 19.8 Å². The van der Waals surface area contributed by atoms with Crippen molar-refractivity contribution < 1.29 is 30.0 Å². The van der Waals surface area contributed by atoms with E-state index in [1.165, 1.54) is 0 Å². The van der Waals surface area contributed by atoms with Gasteiger partial charge in [0.15, 0.2) is 6.29 Å². The van der Waals surface area contributed by atoms with E-state index in [0.29, 0.717) is 6.42 Å². The summed E-state index contributed by atoms with van der Waals surface area (Å²) in [6, 6.07) is -1.09. The standard InChI is InChI=1S/C10H19NO6/c1-2-3-6(13)11-7-9(15)8(14)5(4-12)17-10(7)16/h5,7-10,12,14-16H,2-4H2,1H3,(H,11,13)/t5?,7?,8-,9?,10?/m1/s1. The molecule has 0 bridgehead atoms. The molecule has 5 atom stereocenters. The molecule has 1 fully saturated rings. The van der Waals surface area contributed by atoms with Gasteiger partial charge in [0.2, 0.25) is 5.91 Å². The molecule has 1 heterocycles. The van der Waals surface area contributed by atoms with Gasteiger partial charge in [-0.25, -0.2) is 0 Å². The van der Waals surface area contributed by atoms with Gasteiger partial charge < -0.3 is 30.5 Å². The quantitative estimate of drug-likeness (QED) is 0.382. The summed E-state index contributed by atoms with van der Waals surface area (Å²) in [4.78, 5) is 11.3. The molecular formula is C10H19NO6. The van der Waals surface area contributed by atoms with Crippen LogP contribution in [0, 0.1) is 0 Å². The Hall–Kier alpha value is -0.730. The van der Waals surface area contributed by atoms with Gasteiger partial charge in [0, 0.05) is 6.42 Å². The average Bonchev–Trinajstić information content (AvgIpc) is 2.29. The zero-order valence-electron chi connectivity index (χ0n) is 9.61. The maximum atomic E-state index is 11.3. The van der Waals surface area contributed by atoms with Crippen LogP contribution in [0.25, 0.3) is 0 Å². The number of carbonyl (C=O) groups is 1. The molecule has 7 heteroatoms. The van der Waals surface area contributed by atoms with Crippen LogP contribution in [0.2, 0.25) is 0 Å². The first-order chi connectivity index (χ1) is 8.01. The maximum absolute atomic E-state index is 11.3. The van der Waals surface area contributed by atoms with Crippen molar-refractivity contribution in [2.24, 2.45) is 0 Å². The van der Waals surface area contributed by atoms with Crippen molar-refractivity contribution in [2.75, 3.05) is 6.61 Å². The van der Waals surface area contributed by atoms with E-state index in [0.717, 1.165) is 0 Å². The number of hydrogen-bond donors (Lipinski definition) is 5. The summed E-state index contributed by atoms with van der Waals surface area (Å²) < 4.78 is 4.89. The van der Waals surface area contributed by atoms with Crippen LogP contribution >= 0.6 is 0 Å². The largest absolute Gasteiger partial charge is 0.394 e. The summed E-state index contributed by atoms with van der Waals surface area (Å²) in [5.74, 6) is -0.339. The van der Waals surface area contributed by atoms with E-state index in [-0.39, 0.29) is 12.3 Å². The van der Waals surface area contributed by atoms with Gasteiger partial charge in [0.25, 0.3) is 0 Å². The Labute approximate surface area is 99.0 Å². The lowest BCUT2D eigenvalue weighted by Crippen LogP contribution is -2.64. The number of carbonyl (C=O) groups excluding carboxylic acids is 1. The maximum Gasteiger partial charge on any atom is 0.220 e. The number of aliphatic hydroxyl groups is 4. The first kappa shape index (κ1) is 14.3. The molecular weight excluding hydrogens is 230 g/mol. The second-order valence-corrected chi connectivity index (χ2v) is 4.07. The van der Waals surface area contributed by atoms with E-state index in [1.54, 1.807) is 0 Å². The van der Waals surface area contributed by atoms with Gasteiger partial charge in [-0.3, -0.25) is 4.79 Å². The molecule has 0 spiro atoms. The van der Waals surface area contributed by atoms with Gasteiger partial charge in [-0.15, -0.1) is 0 Å². The highest BCUT2D eigenvalue weighted by molar-refractivity contribution is 5.76. The highest BCUT2D eigenvalue weighted by atomic mass is 16.6. The minimum Gasteiger partial charge on any atom is -0.394 e. The molecule has 1 saturated heterocycles. The minimum absolute atomic E-state index is 0.259. The lowest BCUT2D eigenvalue weighted by atomic mass is 9.97. The summed E-state index contributed by atoms with van der Waals surface area (Å²) >= 11 is 0. The molecule has 5 N–H and O–H groups in total. The second kappa shape index (κ2) is 6.27. The van der Waals surface area contributed by atoms with Gasteiger partial charge >= 0.3 is 0 Å². The molecule has 1 rings (SSSR count). The predicted molar refractivity (Wildman–Crippen MR) is 56.8 cm³/mol. The first-order valence-corrected chi connectivity index (χ1v) is 5.61. The Morgan fingerprint density at radius 3 is 2.47 bits per heavy atom. The van der Waals surface area contributed by atoms with Crippen LogP contribution in [0.15, 0.2) is 0 Å². The molecule has 1 aliphatic heterocycles. The Balaban J connectivity index is 2.63. The number of aliphatic hydroxyl groups excluding tert-OH is 4. The predicted octanol–water partition coefficient (Wildman–Crippen LogP) is -2.30. The zero-order valence-corrected chi connectivity index (χ0v) is 9.61. The molecule has 0 aromatic rings. The molecule has 1 amide bonds. The van der Waals surface area contributed by atoms with Crippen molar-refractivity contribution in [1.29, 1.82) is 0 Å². The highest BCUT2D eigenvalue weighted by Crippen LogP contribution is 2.19. The molecule has 1 aliphatic rings. The van der Waals surface area contributed by atoms with Gasteiger partial charge in [-0.05, 0) is 6.42 Å². The highest BCUT2D eigenvalue weighted by Gasteiger charge is 2.44. The van der Waals surface area contributed by atoms with Crippen LogP contribution in [-0.2, 0) is 9.53 Å². The minimum atomic E-state index is -1.45. The van der Waals surface area contributed by atoms with Crippen LogP contribution in [0.5, 0.6) is 0 Å². The molecule has 7 nitrogen and oxygen atoms in total. The molecule has 0 radical (unpaired) electrons. The fraction of sp³-hybridized carbons (Fsp3) is 0.900. The first-order valence-electron chi connectivity index (χ1n) is 5.61. The van der Waals surface area contributed by atoms with E-state index in [1.807, 2.05) is 6.92 Å². The summed E-state index contributed by atoms with van der Waals surface area (Å²) in [5, 5.41) is 40.1. The van der Waals surface area contributed by atoms with Gasteiger partial charge in [-0.1, -0.05) is 6.92 Å². The molecule has 0 aromatic carbocycles. The zero-order chi connectivity index (χ0) is 13.0. The fourth-order valence-electron chi connectivity index (χ4n) is 1.74. The third kappa shape index (κ3) is 3.36. The number of ether oxygens (including phenoxy) is 1. The third-order valence-electron chi connectivity index (χ3n) is 2.70. The number of nitrogens with one attached hydrogen (secondary N) is 1. The topological polar surface area (TPSA) is 119 Å². The smallest absolute Gasteiger partial charge is 0.220 e. The monoisotopic (exact) mass is 249 g/mol. The molecule has 0 aromatic heterocycles. The van der Waals surface area contributed by atoms with Crippen LogP contribution < -0.4 is 5.32 Å². The number of amides is 1. The molecule has 17 heavy (non-hydrogen) atoms. The van der Waals surface area contributed by atoms with Crippen molar-refractivity contribution >= 4 is 5.91 Å². The molecule has 0 saturated carbocycles.